The molecule has 7 nitrogen and oxygen atoms in total. The van der Waals surface area contributed by atoms with Crippen LogP contribution in [0.3, 0.4) is 0 Å². The summed E-state index contributed by atoms with van der Waals surface area (Å²) in [6.07, 6.45) is 4.83. The Morgan fingerprint density at radius 2 is 1.61 bits per heavy atom. The molecule has 2 N–H and O–H groups in total. The summed E-state index contributed by atoms with van der Waals surface area (Å²) in [5.74, 6) is -0.620. The van der Waals surface area contributed by atoms with Crippen molar-refractivity contribution in [1.82, 2.24) is 14.8 Å². The highest BCUT2D eigenvalue weighted by molar-refractivity contribution is 6.13. The van der Waals surface area contributed by atoms with E-state index in [4.69, 9.17) is 0 Å². The van der Waals surface area contributed by atoms with Gasteiger partial charge in [0.15, 0.2) is 0 Å². The summed E-state index contributed by atoms with van der Waals surface area (Å²) in [6, 6.07) is 17.9. The number of nitrogens with zero attached hydrogens (tertiary/aromatic N) is 3. The molecule has 2 heterocycles. The predicted octanol–water partition coefficient (Wildman–Crippen LogP) is 4.39. The third-order valence-electron chi connectivity index (χ3n) is 4.88. The van der Waals surface area contributed by atoms with Gasteiger partial charge >= 0.3 is 0 Å². The van der Waals surface area contributed by atoms with Gasteiger partial charge in [-0.1, -0.05) is 18.2 Å². The maximum atomic E-state index is 13.1. The molecule has 0 aliphatic carbocycles. The predicted molar refractivity (Wildman–Crippen MR) is 120 cm³/mol. The highest BCUT2D eigenvalue weighted by Gasteiger charge is 2.17. The summed E-state index contributed by atoms with van der Waals surface area (Å²) in [5.41, 5.74) is 4.57. The van der Waals surface area contributed by atoms with Gasteiger partial charge in [-0.05, 0) is 61.9 Å². The Morgan fingerprint density at radius 1 is 0.839 bits per heavy atom. The van der Waals surface area contributed by atoms with Gasteiger partial charge in [0.25, 0.3) is 11.8 Å². The van der Waals surface area contributed by atoms with Gasteiger partial charge in [0, 0.05) is 35.5 Å². The van der Waals surface area contributed by atoms with Crippen LogP contribution in [0.4, 0.5) is 11.4 Å². The molecule has 2 aromatic heterocycles. The first-order valence-electron chi connectivity index (χ1n) is 9.76. The monoisotopic (exact) mass is 411 g/mol. The fourth-order valence-corrected chi connectivity index (χ4v) is 3.27. The SMILES string of the molecule is Cc1cccc(C(=O)Nc2cccc(-n3nccc3C)c2)c1NC(=O)c1ccncc1. The van der Waals surface area contributed by atoms with Gasteiger partial charge in [0.05, 0.1) is 16.9 Å². The van der Waals surface area contributed by atoms with Crippen LogP contribution in [0.5, 0.6) is 0 Å². The number of hydrogen-bond donors (Lipinski definition) is 2. The number of aryl methyl sites for hydroxylation is 2. The van der Waals surface area contributed by atoms with E-state index >= 15 is 0 Å². The summed E-state index contributed by atoms with van der Waals surface area (Å²) >= 11 is 0. The minimum absolute atomic E-state index is 0.304. The molecule has 0 aliphatic rings. The Bertz CT molecular complexity index is 1250. The summed E-state index contributed by atoms with van der Waals surface area (Å²) < 4.78 is 1.79. The van der Waals surface area contributed by atoms with Crippen LogP contribution in [0.2, 0.25) is 0 Å². The molecule has 31 heavy (non-hydrogen) atoms. The van der Waals surface area contributed by atoms with E-state index in [1.807, 2.05) is 50.2 Å². The van der Waals surface area contributed by atoms with Crippen molar-refractivity contribution in [3.8, 4) is 5.69 Å². The minimum Gasteiger partial charge on any atom is -0.322 e. The number of carbonyl (C=O) groups is 2. The van der Waals surface area contributed by atoms with E-state index in [1.54, 1.807) is 47.5 Å². The summed E-state index contributed by atoms with van der Waals surface area (Å²) in [6.45, 7) is 3.81. The lowest BCUT2D eigenvalue weighted by molar-refractivity contribution is 0.102. The first kappa shape index (κ1) is 20.0. The minimum atomic E-state index is -0.317. The first-order valence-corrected chi connectivity index (χ1v) is 9.76. The fraction of sp³-hybridized carbons (Fsp3) is 0.0833. The number of amides is 2. The van der Waals surface area contributed by atoms with E-state index in [0.29, 0.717) is 22.5 Å². The number of aromatic nitrogens is 3. The van der Waals surface area contributed by atoms with Crippen LogP contribution < -0.4 is 10.6 Å². The lowest BCUT2D eigenvalue weighted by atomic mass is 10.1. The summed E-state index contributed by atoms with van der Waals surface area (Å²) in [4.78, 5) is 29.6. The zero-order valence-corrected chi connectivity index (χ0v) is 17.2. The van der Waals surface area contributed by atoms with Gasteiger partial charge in [-0.2, -0.15) is 5.10 Å². The van der Waals surface area contributed by atoms with Crippen molar-refractivity contribution in [3.63, 3.8) is 0 Å². The van der Waals surface area contributed by atoms with Crippen molar-refractivity contribution in [3.05, 3.63) is 102 Å². The molecule has 0 bridgehead atoms. The second-order valence-corrected chi connectivity index (χ2v) is 7.08. The van der Waals surface area contributed by atoms with E-state index in [1.165, 1.54) is 0 Å². The molecule has 0 spiro atoms. The molecule has 4 rings (SSSR count). The van der Waals surface area contributed by atoms with E-state index in [0.717, 1.165) is 16.9 Å². The number of para-hydroxylation sites is 1. The van der Waals surface area contributed by atoms with E-state index in [-0.39, 0.29) is 11.8 Å². The van der Waals surface area contributed by atoms with Gasteiger partial charge < -0.3 is 10.6 Å². The average molecular weight is 411 g/mol. The molecule has 0 atom stereocenters. The molecule has 0 saturated heterocycles. The average Bonchev–Trinajstić information content (AvgIpc) is 3.21. The third-order valence-corrected chi connectivity index (χ3v) is 4.88. The van der Waals surface area contributed by atoms with Gasteiger partial charge in [-0.15, -0.1) is 0 Å². The van der Waals surface area contributed by atoms with Crippen LogP contribution in [-0.4, -0.2) is 26.6 Å². The van der Waals surface area contributed by atoms with Crippen molar-refractivity contribution < 1.29 is 9.59 Å². The normalized spacial score (nSPS) is 10.5. The Balaban J connectivity index is 1.59. The molecule has 2 amide bonds. The Morgan fingerprint density at radius 3 is 2.35 bits per heavy atom. The van der Waals surface area contributed by atoms with E-state index in [2.05, 4.69) is 20.7 Å². The number of nitrogens with one attached hydrogen (secondary N) is 2. The number of anilines is 2. The van der Waals surface area contributed by atoms with E-state index in [9.17, 15) is 9.59 Å². The molecule has 0 fully saturated rings. The maximum Gasteiger partial charge on any atom is 0.257 e. The molecule has 2 aromatic carbocycles. The van der Waals surface area contributed by atoms with Crippen LogP contribution in [0.25, 0.3) is 5.69 Å². The first-order chi connectivity index (χ1) is 15.0. The van der Waals surface area contributed by atoms with Crippen molar-refractivity contribution in [1.29, 1.82) is 0 Å². The summed E-state index contributed by atoms with van der Waals surface area (Å²) in [7, 11) is 0. The molecule has 4 aromatic rings. The second-order valence-electron chi connectivity index (χ2n) is 7.08. The van der Waals surface area contributed by atoms with Crippen LogP contribution in [0, 0.1) is 13.8 Å². The Hall–Kier alpha value is -4.26. The third kappa shape index (κ3) is 4.35. The molecular weight excluding hydrogens is 390 g/mol. The number of benzene rings is 2. The quantitative estimate of drug-likeness (QED) is 0.510. The zero-order chi connectivity index (χ0) is 21.8. The lowest BCUT2D eigenvalue weighted by Gasteiger charge is -2.14. The van der Waals surface area contributed by atoms with Crippen LogP contribution in [0.15, 0.2) is 79.3 Å². The molecular formula is C24H21N5O2. The molecule has 7 heteroatoms. The molecule has 0 aliphatic heterocycles. The fourth-order valence-electron chi connectivity index (χ4n) is 3.27. The maximum absolute atomic E-state index is 13.1. The summed E-state index contributed by atoms with van der Waals surface area (Å²) in [5, 5.41) is 10.1. The van der Waals surface area contributed by atoms with Crippen LogP contribution in [-0.2, 0) is 0 Å². The standard InChI is InChI=1S/C24H21N5O2/c1-16-5-3-8-21(22(16)28-23(30)18-10-12-25-13-11-18)24(31)27-19-6-4-7-20(15-19)29-17(2)9-14-26-29/h3-15H,1-2H3,(H,27,31)(H,28,30). The molecule has 0 saturated carbocycles. The molecule has 0 unspecified atom stereocenters. The number of rotatable bonds is 5. The van der Waals surface area contributed by atoms with Crippen LogP contribution >= 0.6 is 0 Å². The second kappa shape index (κ2) is 8.62. The topological polar surface area (TPSA) is 88.9 Å². The number of hydrogen-bond acceptors (Lipinski definition) is 4. The van der Waals surface area contributed by atoms with E-state index < -0.39 is 0 Å². The van der Waals surface area contributed by atoms with Crippen molar-refractivity contribution >= 4 is 23.2 Å². The zero-order valence-electron chi connectivity index (χ0n) is 17.2. The molecule has 154 valence electrons. The number of carbonyl (C=O) groups excluding carboxylic acids is 2. The van der Waals surface area contributed by atoms with Crippen molar-refractivity contribution in [2.45, 2.75) is 13.8 Å². The highest BCUT2D eigenvalue weighted by atomic mass is 16.2. The van der Waals surface area contributed by atoms with Crippen molar-refractivity contribution in [2.75, 3.05) is 10.6 Å². The number of pyridine rings is 1. The Kier molecular flexibility index (Phi) is 5.57. The van der Waals surface area contributed by atoms with Gasteiger partial charge in [-0.25, -0.2) is 4.68 Å². The largest absolute Gasteiger partial charge is 0.322 e. The van der Waals surface area contributed by atoms with Gasteiger partial charge in [0.1, 0.15) is 0 Å². The van der Waals surface area contributed by atoms with Crippen molar-refractivity contribution in [2.24, 2.45) is 0 Å². The van der Waals surface area contributed by atoms with Crippen LogP contribution in [0.1, 0.15) is 32.0 Å². The molecule has 0 radical (unpaired) electrons. The Labute approximate surface area is 179 Å². The lowest BCUT2D eigenvalue weighted by Crippen LogP contribution is -2.19. The highest BCUT2D eigenvalue weighted by Crippen LogP contribution is 2.23. The van der Waals surface area contributed by atoms with Gasteiger partial charge in [-0.3, -0.25) is 14.6 Å². The van der Waals surface area contributed by atoms with Gasteiger partial charge in [0.2, 0.25) is 0 Å². The smallest absolute Gasteiger partial charge is 0.257 e.